The SMILES string of the molecule is O=C(O)c1cc(Br)c(C(=O)O)c(C(=O)O)c1. The Bertz CT molecular complexity index is 493. The van der Waals surface area contributed by atoms with E-state index in [0.717, 1.165) is 12.1 Å². The van der Waals surface area contributed by atoms with Gasteiger partial charge in [0.2, 0.25) is 0 Å². The number of halogens is 1. The molecule has 0 saturated carbocycles. The van der Waals surface area contributed by atoms with Crippen LogP contribution in [0.4, 0.5) is 0 Å². The zero-order valence-electron chi connectivity index (χ0n) is 7.60. The molecule has 0 aliphatic carbocycles. The molecule has 0 aromatic heterocycles. The quantitative estimate of drug-likeness (QED) is 0.778. The maximum absolute atomic E-state index is 10.8. The predicted molar refractivity (Wildman–Crippen MR) is 55.0 cm³/mol. The maximum Gasteiger partial charge on any atom is 0.337 e. The number of carbonyl (C=O) groups is 3. The van der Waals surface area contributed by atoms with Gasteiger partial charge in [0.15, 0.2) is 0 Å². The molecule has 1 aromatic rings. The van der Waals surface area contributed by atoms with E-state index in [1.165, 1.54) is 0 Å². The Morgan fingerprint density at radius 3 is 1.88 bits per heavy atom. The lowest BCUT2D eigenvalue weighted by atomic mass is 10.0. The number of hydrogen-bond acceptors (Lipinski definition) is 3. The first-order valence-electron chi connectivity index (χ1n) is 3.88. The molecule has 0 bridgehead atoms. The van der Waals surface area contributed by atoms with E-state index >= 15 is 0 Å². The van der Waals surface area contributed by atoms with Crippen molar-refractivity contribution in [3.05, 3.63) is 33.3 Å². The van der Waals surface area contributed by atoms with Crippen molar-refractivity contribution in [3.8, 4) is 0 Å². The first-order valence-corrected chi connectivity index (χ1v) is 4.67. The molecule has 0 saturated heterocycles. The second kappa shape index (κ2) is 4.31. The smallest absolute Gasteiger partial charge is 0.337 e. The molecule has 0 heterocycles. The summed E-state index contributed by atoms with van der Waals surface area (Å²) < 4.78 is -0.0858. The number of carboxylic acids is 3. The third-order valence-electron chi connectivity index (χ3n) is 1.78. The van der Waals surface area contributed by atoms with Crippen LogP contribution in [0, 0.1) is 0 Å². The first kappa shape index (κ1) is 12.2. The predicted octanol–water partition coefficient (Wildman–Crippen LogP) is 1.54. The topological polar surface area (TPSA) is 112 Å². The van der Waals surface area contributed by atoms with Crippen molar-refractivity contribution in [2.75, 3.05) is 0 Å². The van der Waals surface area contributed by atoms with Gasteiger partial charge in [-0.3, -0.25) is 0 Å². The minimum Gasteiger partial charge on any atom is -0.478 e. The molecule has 0 fully saturated rings. The monoisotopic (exact) mass is 288 g/mol. The standard InChI is InChI=1S/C9H5BrO6/c10-5-2-3(7(11)12)1-4(8(13)14)6(5)9(15)16/h1-2H,(H,11,12)(H,13,14)(H,15,16). The summed E-state index contributed by atoms with van der Waals surface area (Å²) in [4.78, 5) is 32.2. The highest BCUT2D eigenvalue weighted by Crippen LogP contribution is 2.23. The van der Waals surface area contributed by atoms with Gasteiger partial charge in [-0.25, -0.2) is 14.4 Å². The van der Waals surface area contributed by atoms with Gasteiger partial charge < -0.3 is 15.3 Å². The second-order valence-electron chi connectivity index (χ2n) is 2.80. The summed E-state index contributed by atoms with van der Waals surface area (Å²) in [5, 5.41) is 26.2. The normalized spacial score (nSPS) is 9.81. The summed E-state index contributed by atoms with van der Waals surface area (Å²) in [5.74, 6) is -4.28. The zero-order chi connectivity index (χ0) is 12.5. The number of aromatic carboxylic acids is 3. The van der Waals surface area contributed by atoms with Crippen LogP contribution < -0.4 is 0 Å². The van der Waals surface area contributed by atoms with Crippen LogP contribution in [0.25, 0.3) is 0 Å². The summed E-state index contributed by atoms with van der Waals surface area (Å²) >= 11 is 2.83. The molecule has 0 unspecified atom stereocenters. The van der Waals surface area contributed by atoms with E-state index in [-0.39, 0.29) is 10.0 Å². The molecular formula is C9H5BrO6. The Balaban J connectivity index is 3.58. The van der Waals surface area contributed by atoms with Crippen molar-refractivity contribution >= 4 is 33.8 Å². The highest BCUT2D eigenvalue weighted by atomic mass is 79.9. The van der Waals surface area contributed by atoms with Crippen LogP contribution in [0.1, 0.15) is 31.1 Å². The lowest BCUT2D eigenvalue weighted by molar-refractivity contribution is 0.0648. The van der Waals surface area contributed by atoms with Gasteiger partial charge in [0.25, 0.3) is 0 Å². The Morgan fingerprint density at radius 2 is 1.50 bits per heavy atom. The van der Waals surface area contributed by atoms with Crippen molar-refractivity contribution in [1.29, 1.82) is 0 Å². The van der Waals surface area contributed by atoms with E-state index in [0.29, 0.717) is 0 Å². The molecule has 7 heteroatoms. The van der Waals surface area contributed by atoms with Crippen LogP contribution in [0.5, 0.6) is 0 Å². The summed E-state index contributed by atoms with van der Waals surface area (Å²) in [7, 11) is 0. The Morgan fingerprint density at radius 1 is 0.938 bits per heavy atom. The van der Waals surface area contributed by atoms with E-state index in [1.807, 2.05) is 0 Å². The second-order valence-corrected chi connectivity index (χ2v) is 3.65. The van der Waals surface area contributed by atoms with Crippen LogP contribution >= 0.6 is 15.9 Å². The van der Waals surface area contributed by atoms with Gasteiger partial charge in [-0.2, -0.15) is 0 Å². The van der Waals surface area contributed by atoms with Gasteiger partial charge >= 0.3 is 17.9 Å². The summed E-state index contributed by atoms with van der Waals surface area (Å²) in [6, 6.07) is 1.84. The summed E-state index contributed by atoms with van der Waals surface area (Å²) in [6.07, 6.45) is 0. The summed E-state index contributed by atoms with van der Waals surface area (Å²) in [5.41, 5.74) is -1.34. The minimum atomic E-state index is -1.50. The fourth-order valence-electron chi connectivity index (χ4n) is 1.12. The third-order valence-corrected chi connectivity index (χ3v) is 2.41. The van der Waals surface area contributed by atoms with Crippen molar-refractivity contribution in [2.45, 2.75) is 0 Å². The van der Waals surface area contributed by atoms with Crippen molar-refractivity contribution in [3.63, 3.8) is 0 Å². The molecule has 1 rings (SSSR count). The van der Waals surface area contributed by atoms with Gasteiger partial charge in [-0.1, -0.05) is 0 Å². The highest BCUT2D eigenvalue weighted by molar-refractivity contribution is 9.10. The van der Waals surface area contributed by atoms with E-state index in [1.54, 1.807) is 0 Å². The molecular weight excluding hydrogens is 284 g/mol. The van der Waals surface area contributed by atoms with Crippen molar-refractivity contribution < 1.29 is 29.7 Å². The molecule has 16 heavy (non-hydrogen) atoms. The van der Waals surface area contributed by atoms with Gasteiger partial charge in [0, 0.05) is 4.47 Å². The fourth-order valence-corrected chi connectivity index (χ4v) is 1.75. The molecule has 0 amide bonds. The van der Waals surface area contributed by atoms with Crippen LogP contribution in [0.15, 0.2) is 16.6 Å². The number of rotatable bonds is 3. The Kier molecular flexibility index (Phi) is 3.28. The molecule has 1 aromatic carbocycles. The van der Waals surface area contributed by atoms with Crippen molar-refractivity contribution in [2.24, 2.45) is 0 Å². The number of hydrogen-bond donors (Lipinski definition) is 3. The maximum atomic E-state index is 10.8. The Hall–Kier alpha value is -1.89. The third kappa shape index (κ3) is 2.19. The van der Waals surface area contributed by atoms with E-state index in [9.17, 15) is 14.4 Å². The van der Waals surface area contributed by atoms with Gasteiger partial charge in [0.1, 0.15) is 0 Å². The fraction of sp³-hybridized carbons (Fsp3) is 0. The number of benzene rings is 1. The molecule has 0 atom stereocenters. The molecule has 0 aliphatic heterocycles. The molecule has 3 N–H and O–H groups in total. The van der Waals surface area contributed by atoms with E-state index < -0.39 is 29.0 Å². The lowest BCUT2D eigenvalue weighted by Gasteiger charge is -2.05. The molecule has 0 radical (unpaired) electrons. The summed E-state index contributed by atoms with van der Waals surface area (Å²) in [6.45, 7) is 0. The average Bonchev–Trinajstić information content (AvgIpc) is 2.15. The van der Waals surface area contributed by atoms with E-state index in [4.69, 9.17) is 15.3 Å². The van der Waals surface area contributed by atoms with Crippen LogP contribution in [-0.2, 0) is 0 Å². The zero-order valence-corrected chi connectivity index (χ0v) is 9.19. The minimum absolute atomic E-state index is 0.0858. The molecule has 84 valence electrons. The largest absolute Gasteiger partial charge is 0.478 e. The number of carboxylic acid groups (broad SMARTS) is 3. The molecule has 0 spiro atoms. The molecule has 0 aliphatic rings. The van der Waals surface area contributed by atoms with Gasteiger partial charge in [0.05, 0.1) is 16.7 Å². The van der Waals surface area contributed by atoms with E-state index in [2.05, 4.69) is 15.9 Å². The van der Waals surface area contributed by atoms with Crippen LogP contribution in [-0.4, -0.2) is 33.2 Å². The molecule has 6 nitrogen and oxygen atoms in total. The van der Waals surface area contributed by atoms with Gasteiger partial charge in [-0.05, 0) is 28.1 Å². The average molecular weight is 289 g/mol. The Labute approximate surface area is 97.3 Å². The van der Waals surface area contributed by atoms with Crippen molar-refractivity contribution in [1.82, 2.24) is 0 Å². The van der Waals surface area contributed by atoms with Crippen LogP contribution in [0.3, 0.4) is 0 Å². The lowest BCUT2D eigenvalue weighted by Crippen LogP contribution is -2.11. The first-order chi connectivity index (χ1) is 7.34. The van der Waals surface area contributed by atoms with Gasteiger partial charge in [-0.15, -0.1) is 0 Å². The highest BCUT2D eigenvalue weighted by Gasteiger charge is 2.22. The van der Waals surface area contributed by atoms with Crippen LogP contribution in [0.2, 0.25) is 0 Å².